The molecule has 31 heavy (non-hydrogen) atoms. The van der Waals surface area contributed by atoms with Crippen LogP contribution >= 0.6 is 0 Å². The fraction of sp³-hybridized carbons (Fsp3) is 0.619. The Kier molecular flexibility index (Phi) is 9.73. The van der Waals surface area contributed by atoms with Gasteiger partial charge in [-0.1, -0.05) is 30.3 Å². The van der Waals surface area contributed by atoms with E-state index in [0.717, 1.165) is 26.2 Å². The summed E-state index contributed by atoms with van der Waals surface area (Å²) in [5.41, 5.74) is 1.35. The predicted octanol–water partition coefficient (Wildman–Crippen LogP) is 2.17. The molecule has 0 spiro atoms. The highest BCUT2D eigenvalue weighted by atomic mass is 19.4. The third-order valence-electron chi connectivity index (χ3n) is 5.40. The maximum absolute atomic E-state index is 12.1. The number of fused-ring (bicyclic) bond motifs is 1. The topological polar surface area (TPSA) is 88.1 Å². The number of likely N-dealkylation sites (tertiary alicyclic amines) is 1. The van der Waals surface area contributed by atoms with Crippen molar-refractivity contribution in [3.63, 3.8) is 0 Å². The number of rotatable bonds is 7. The van der Waals surface area contributed by atoms with Crippen molar-refractivity contribution in [2.75, 3.05) is 46.6 Å². The normalized spacial score (nSPS) is 23.4. The van der Waals surface area contributed by atoms with Crippen molar-refractivity contribution in [2.24, 2.45) is 17.8 Å². The number of amides is 1. The summed E-state index contributed by atoms with van der Waals surface area (Å²) >= 11 is 0. The number of nitrogens with one attached hydrogen (secondary N) is 1. The van der Waals surface area contributed by atoms with Crippen LogP contribution in [0.15, 0.2) is 30.3 Å². The van der Waals surface area contributed by atoms with E-state index >= 15 is 0 Å². The number of benzene rings is 1. The molecule has 3 rings (SSSR count). The zero-order valence-corrected chi connectivity index (χ0v) is 17.4. The summed E-state index contributed by atoms with van der Waals surface area (Å²) in [5, 5.41) is 10.1. The summed E-state index contributed by atoms with van der Waals surface area (Å²) in [6.45, 7) is 5.80. The number of aliphatic carboxylic acids is 1. The Morgan fingerprint density at radius 1 is 1.23 bits per heavy atom. The number of hydrogen-bond acceptors (Lipinski definition) is 5. The van der Waals surface area contributed by atoms with Crippen LogP contribution in [0.4, 0.5) is 13.2 Å². The van der Waals surface area contributed by atoms with Crippen molar-refractivity contribution < 1.29 is 37.3 Å². The van der Waals surface area contributed by atoms with E-state index in [-0.39, 0.29) is 5.91 Å². The minimum Gasteiger partial charge on any atom is -0.475 e. The van der Waals surface area contributed by atoms with Crippen molar-refractivity contribution in [1.29, 1.82) is 0 Å². The first-order valence-corrected chi connectivity index (χ1v) is 10.1. The van der Waals surface area contributed by atoms with Crippen LogP contribution in [0.5, 0.6) is 0 Å². The number of carboxylic acid groups (broad SMARTS) is 1. The average molecular weight is 446 g/mol. The molecule has 2 heterocycles. The molecule has 2 fully saturated rings. The van der Waals surface area contributed by atoms with Crippen LogP contribution in [0, 0.1) is 17.8 Å². The van der Waals surface area contributed by atoms with E-state index in [1.54, 1.807) is 7.11 Å². The van der Waals surface area contributed by atoms with Crippen molar-refractivity contribution in [3.05, 3.63) is 35.9 Å². The van der Waals surface area contributed by atoms with Crippen molar-refractivity contribution in [2.45, 2.75) is 19.1 Å². The minimum absolute atomic E-state index is 0.114. The molecule has 0 aromatic heterocycles. The molecule has 1 amide bonds. The Labute approximate surface area is 179 Å². The van der Waals surface area contributed by atoms with Crippen molar-refractivity contribution in [1.82, 2.24) is 10.2 Å². The predicted molar refractivity (Wildman–Crippen MR) is 106 cm³/mol. The Morgan fingerprint density at radius 3 is 2.52 bits per heavy atom. The number of nitrogens with zero attached hydrogens (tertiary/aromatic N) is 1. The van der Waals surface area contributed by atoms with Crippen LogP contribution in [-0.4, -0.2) is 74.6 Å². The fourth-order valence-corrected chi connectivity index (χ4v) is 3.98. The smallest absolute Gasteiger partial charge is 0.475 e. The van der Waals surface area contributed by atoms with Gasteiger partial charge in [-0.3, -0.25) is 9.69 Å². The van der Waals surface area contributed by atoms with Gasteiger partial charge in [-0.05, 0) is 23.3 Å². The Morgan fingerprint density at radius 2 is 1.90 bits per heavy atom. The molecule has 7 nitrogen and oxygen atoms in total. The molecule has 0 aliphatic carbocycles. The molecule has 0 unspecified atom stereocenters. The van der Waals surface area contributed by atoms with Gasteiger partial charge in [-0.2, -0.15) is 13.2 Å². The summed E-state index contributed by atoms with van der Waals surface area (Å²) in [7, 11) is 1.64. The SMILES string of the molecule is COCCNC(=O)C[C@@H]1COC[C@H]2CN(Cc3ccccc3)C[C@@H]12.O=C(O)C(F)(F)F. The van der Waals surface area contributed by atoms with Gasteiger partial charge in [0.25, 0.3) is 0 Å². The van der Waals surface area contributed by atoms with Crippen LogP contribution in [-0.2, 0) is 25.6 Å². The molecular weight excluding hydrogens is 417 g/mol. The van der Waals surface area contributed by atoms with Gasteiger partial charge < -0.3 is 19.9 Å². The quantitative estimate of drug-likeness (QED) is 0.625. The van der Waals surface area contributed by atoms with E-state index in [2.05, 4.69) is 40.5 Å². The summed E-state index contributed by atoms with van der Waals surface area (Å²) in [6.07, 6.45) is -4.52. The first kappa shape index (κ1) is 25.1. The fourth-order valence-electron chi connectivity index (χ4n) is 3.98. The number of alkyl halides is 3. The first-order valence-electron chi connectivity index (χ1n) is 10.1. The molecule has 0 bridgehead atoms. The maximum Gasteiger partial charge on any atom is 0.490 e. The van der Waals surface area contributed by atoms with E-state index in [1.165, 1.54) is 5.56 Å². The Balaban J connectivity index is 0.000000423. The monoisotopic (exact) mass is 446 g/mol. The van der Waals surface area contributed by atoms with Crippen LogP contribution in [0.2, 0.25) is 0 Å². The van der Waals surface area contributed by atoms with E-state index in [4.69, 9.17) is 19.4 Å². The largest absolute Gasteiger partial charge is 0.490 e. The molecule has 1 aromatic rings. The van der Waals surface area contributed by atoms with E-state index < -0.39 is 12.1 Å². The van der Waals surface area contributed by atoms with Crippen molar-refractivity contribution in [3.8, 4) is 0 Å². The average Bonchev–Trinajstić information content (AvgIpc) is 3.12. The summed E-state index contributed by atoms with van der Waals surface area (Å²) in [6, 6.07) is 10.6. The molecule has 2 aliphatic rings. The van der Waals surface area contributed by atoms with Gasteiger partial charge in [0.15, 0.2) is 0 Å². The molecule has 2 N–H and O–H groups in total. The molecule has 2 saturated heterocycles. The van der Waals surface area contributed by atoms with Crippen LogP contribution < -0.4 is 5.32 Å². The third-order valence-corrected chi connectivity index (χ3v) is 5.40. The number of hydrogen-bond donors (Lipinski definition) is 2. The molecule has 10 heteroatoms. The third kappa shape index (κ3) is 8.47. The number of carboxylic acids is 1. The lowest BCUT2D eigenvalue weighted by atomic mass is 9.81. The molecular formula is C21H29F3N2O5. The van der Waals surface area contributed by atoms with Gasteiger partial charge in [0.05, 0.1) is 19.8 Å². The minimum atomic E-state index is -5.08. The highest BCUT2D eigenvalue weighted by Gasteiger charge is 2.41. The number of methoxy groups -OCH3 is 1. The Hall–Kier alpha value is -2.17. The van der Waals surface area contributed by atoms with E-state index in [0.29, 0.717) is 43.9 Å². The second kappa shape index (κ2) is 12.0. The maximum atomic E-state index is 12.1. The lowest BCUT2D eigenvalue weighted by molar-refractivity contribution is -0.192. The highest BCUT2D eigenvalue weighted by molar-refractivity contribution is 5.76. The van der Waals surface area contributed by atoms with E-state index in [9.17, 15) is 18.0 Å². The molecule has 2 aliphatic heterocycles. The molecule has 0 radical (unpaired) electrons. The van der Waals surface area contributed by atoms with Gasteiger partial charge in [-0.25, -0.2) is 4.79 Å². The van der Waals surface area contributed by atoms with E-state index in [1.807, 2.05) is 0 Å². The zero-order chi connectivity index (χ0) is 22.9. The summed E-state index contributed by atoms with van der Waals surface area (Å²) in [4.78, 5) is 23.5. The summed E-state index contributed by atoms with van der Waals surface area (Å²) in [5.74, 6) is -1.20. The number of carbonyl (C=O) groups excluding carboxylic acids is 1. The lowest BCUT2D eigenvalue weighted by Crippen LogP contribution is -2.38. The Bertz CT molecular complexity index is 702. The van der Waals surface area contributed by atoms with Gasteiger partial charge >= 0.3 is 12.1 Å². The summed E-state index contributed by atoms with van der Waals surface area (Å²) < 4.78 is 42.5. The van der Waals surface area contributed by atoms with Crippen LogP contribution in [0.3, 0.4) is 0 Å². The zero-order valence-electron chi connectivity index (χ0n) is 17.4. The molecule has 0 saturated carbocycles. The number of halogens is 3. The number of carbonyl (C=O) groups is 2. The van der Waals surface area contributed by atoms with Gasteiger partial charge in [0, 0.05) is 39.7 Å². The lowest BCUT2D eigenvalue weighted by Gasteiger charge is -2.32. The molecule has 3 atom stereocenters. The standard InChI is InChI=1S/C19H28N2O3.C2HF3O2/c1-23-8-7-20-19(22)9-16-13-24-14-17-11-21(12-18(16)17)10-15-5-3-2-4-6-15;3-2(4,5)1(6)7/h2-6,16-18H,7-14H2,1H3,(H,20,22);(H,6,7)/t16-,17-,18+;/m1./s1. The van der Waals surface area contributed by atoms with Crippen LogP contribution in [0.1, 0.15) is 12.0 Å². The second-order valence-corrected chi connectivity index (χ2v) is 7.75. The van der Waals surface area contributed by atoms with Crippen molar-refractivity contribution >= 4 is 11.9 Å². The molecule has 174 valence electrons. The van der Waals surface area contributed by atoms with Crippen LogP contribution in [0.25, 0.3) is 0 Å². The van der Waals surface area contributed by atoms with Gasteiger partial charge in [-0.15, -0.1) is 0 Å². The number of ether oxygens (including phenoxy) is 2. The first-order chi connectivity index (χ1) is 14.7. The second-order valence-electron chi connectivity index (χ2n) is 7.75. The van der Waals surface area contributed by atoms with Gasteiger partial charge in [0.2, 0.25) is 5.91 Å². The molecule has 1 aromatic carbocycles. The van der Waals surface area contributed by atoms with Gasteiger partial charge in [0.1, 0.15) is 0 Å². The highest BCUT2D eigenvalue weighted by Crippen LogP contribution is 2.36.